The molecule has 3 rings (SSSR count). The number of carbonyl (C=O) groups excluding carboxylic acids is 1. The van der Waals surface area contributed by atoms with Gasteiger partial charge < -0.3 is 10.2 Å². The van der Waals surface area contributed by atoms with Crippen molar-refractivity contribution < 1.29 is 13.2 Å². The molecule has 7 heteroatoms. The number of rotatable bonds is 4. The fraction of sp³-hybridized carbons (Fsp3) is 0.632. The number of amides is 1. The summed E-state index contributed by atoms with van der Waals surface area (Å²) < 4.78 is 27.7. The van der Waals surface area contributed by atoms with Crippen molar-refractivity contribution >= 4 is 15.9 Å². The Bertz CT molecular complexity index is 755. The van der Waals surface area contributed by atoms with E-state index in [1.54, 1.807) is 17.3 Å². The molecule has 2 aliphatic heterocycles. The normalized spacial score (nSPS) is 19.8. The van der Waals surface area contributed by atoms with Crippen LogP contribution < -0.4 is 5.32 Å². The number of sulfonamides is 1. The van der Waals surface area contributed by atoms with Gasteiger partial charge >= 0.3 is 0 Å². The van der Waals surface area contributed by atoms with Crippen LogP contribution >= 0.6 is 0 Å². The van der Waals surface area contributed by atoms with Crippen LogP contribution in [0.3, 0.4) is 0 Å². The first-order valence-electron chi connectivity index (χ1n) is 9.44. The number of hydrogen-bond acceptors (Lipinski definition) is 4. The number of hydrogen-bond donors (Lipinski definition) is 1. The molecule has 2 aliphatic rings. The number of nitrogens with one attached hydrogen (secondary N) is 1. The number of piperidine rings is 1. The van der Waals surface area contributed by atoms with Crippen LogP contribution in [-0.2, 0) is 27.7 Å². The molecular formula is C19H29N3O3S. The minimum atomic E-state index is -3.44. The number of carbonyl (C=O) groups is 1. The first kappa shape index (κ1) is 19.3. The van der Waals surface area contributed by atoms with Gasteiger partial charge in [-0.3, -0.25) is 4.79 Å². The van der Waals surface area contributed by atoms with Gasteiger partial charge in [0.1, 0.15) is 0 Å². The van der Waals surface area contributed by atoms with Crippen molar-refractivity contribution in [2.45, 2.75) is 37.5 Å². The maximum atomic E-state index is 13.0. The molecule has 1 N–H and O–H groups in total. The highest BCUT2D eigenvalue weighted by Gasteiger charge is 2.30. The van der Waals surface area contributed by atoms with Gasteiger partial charge in [0.05, 0.1) is 4.90 Å². The topological polar surface area (TPSA) is 69.7 Å². The molecule has 0 atom stereocenters. The molecule has 0 aliphatic carbocycles. The van der Waals surface area contributed by atoms with Crippen molar-refractivity contribution in [2.75, 3.05) is 39.8 Å². The van der Waals surface area contributed by atoms with Crippen LogP contribution in [0.1, 0.15) is 30.9 Å². The summed E-state index contributed by atoms with van der Waals surface area (Å²) in [5.41, 5.74) is 2.21. The molecule has 1 aromatic rings. The Labute approximate surface area is 156 Å². The molecular weight excluding hydrogens is 350 g/mol. The molecule has 0 radical (unpaired) electrons. The van der Waals surface area contributed by atoms with Gasteiger partial charge in [0.15, 0.2) is 0 Å². The van der Waals surface area contributed by atoms with E-state index in [1.807, 2.05) is 24.1 Å². The maximum Gasteiger partial charge on any atom is 0.243 e. The van der Waals surface area contributed by atoms with E-state index in [4.69, 9.17) is 0 Å². The van der Waals surface area contributed by atoms with Crippen molar-refractivity contribution in [3.05, 3.63) is 29.3 Å². The average Bonchev–Trinajstić information content (AvgIpc) is 2.84. The van der Waals surface area contributed by atoms with E-state index in [1.165, 1.54) is 0 Å². The predicted molar refractivity (Wildman–Crippen MR) is 102 cm³/mol. The van der Waals surface area contributed by atoms with Gasteiger partial charge in [-0.1, -0.05) is 6.07 Å². The van der Waals surface area contributed by atoms with E-state index in [0.29, 0.717) is 43.4 Å². The van der Waals surface area contributed by atoms with Crippen LogP contribution in [0.15, 0.2) is 23.1 Å². The van der Waals surface area contributed by atoms with Gasteiger partial charge in [0.2, 0.25) is 15.9 Å². The summed E-state index contributed by atoms with van der Waals surface area (Å²) in [7, 11) is -1.51. The lowest BCUT2D eigenvalue weighted by atomic mass is 9.98. The second-order valence-electron chi connectivity index (χ2n) is 7.34. The summed E-state index contributed by atoms with van der Waals surface area (Å²) >= 11 is 0. The van der Waals surface area contributed by atoms with Crippen molar-refractivity contribution in [1.82, 2.24) is 14.5 Å². The van der Waals surface area contributed by atoms with Crippen LogP contribution in [0.2, 0.25) is 0 Å². The predicted octanol–water partition coefficient (Wildman–Crippen LogP) is 1.25. The zero-order chi connectivity index (χ0) is 18.7. The van der Waals surface area contributed by atoms with E-state index in [-0.39, 0.29) is 5.91 Å². The highest BCUT2D eigenvalue weighted by molar-refractivity contribution is 7.89. The summed E-state index contributed by atoms with van der Waals surface area (Å²) in [6, 6.07) is 5.49. The lowest BCUT2D eigenvalue weighted by molar-refractivity contribution is -0.128. The quantitative estimate of drug-likeness (QED) is 0.855. The molecule has 0 spiro atoms. The van der Waals surface area contributed by atoms with Gasteiger partial charge in [-0.2, -0.15) is 4.31 Å². The smallest absolute Gasteiger partial charge is 0.243 e. The van der Waals surface area contributed by atoms with Crippen LogP contribution in [0.25, 0.3) is 0 Å². The third kappa shape index (κ3) is 4.10. The molecule has 2 heterocycles. The number of nitrogens with zero attached hydrogens (tertiary/aromatic N) is 2. The maximum absolute atomic E-state index is 13.0. The Morgan fingerprint density at radius 3 is 2.38 bits per heavy atom. The summed E-state index contributed by atoms with van der Waals surface area (Å²) in [5.74, 6) is 0.631. The third-order valence-electron chi connectivity index (χ3n) is 5.63. The molecule has 0 aromatic heterocycles. The van der Waals surface area contributed by atoms with E-state index in [0.717, 1.165) is 36.9 Å². The lowest BCUT2D eigenvalue weighted by Crippen LogP contribution is -2.40. The third-order valence-corrected chi connectivity index (χ3v) is 7.52. The van der Waals surface area contributed by atoms with Gasteiger partial charge in [0, 0.05) is 33.1 Å². The highest BCUT2D eigenvalue weighted by atomic mass is 32.2. The van der Waals surface area contributed by atoms with Crippen molar-refractivity contribution in [3.8, 4) is 0 Å². The van der Waals surface area contributed by atoms with Crippen LogP contribution in [0.4, 0.5) is 0 Å². The highest BCUT2D eigenvalue weighted by Crippen LogP contribution is 2.26. The number of fused-ring (bicyclic) bond motifs is 1. The average molecular weight is 380 g/mol. The van der Waals surface area contributed by atoms with Gasteiger partial charge in [0.25, 0.3) is 0 Å². The summed E-state index contributed by atoms with van der Waals surface area (Å²) in [4.78, 5) is 13.8. The summed E-state index contributed by atoms with van der Waals surface area (Å²) in [6.45, 7) is 5.06. The Kier molecular flexibility index (Phi) is 5.99. The second-order valence-corrected chi connectivity index (χ2v) is 9.28. The standard InChI is InChI=1S/C19H29N3O3S/c1-15(23)21-9-7-17-3-4-19(13-18(17)8-10-21)26(24,25)22-11-5-16(6-12-22)14-20-2/h3-4,13,16,20H,5-12,14H2,1-2H3. The van der Waals surface area contributed by atoms with Gasteiger partial charge in [-0.05, 0) is 68.5 Å². The molecule has 0 bridgehead atoms. The molecule has 1 amide bonds. The van der Waals surface area contributed by atoms with Crippen LogP contribution in [0.5, 0.6) is 0 Å². The molecule has 0 saturated carbocycles. The SMILES string of the molecule is CNCC1CCN(S(=O)(=O)c2ccc3c(c2)CCN(C(C)=O)CC3)CC1. The minimum Gasteiger partial charge on any atom is -0.342 e. The van der Waals surface area contributed by atoms with Crippen LogP contribution in [-0.4, -0.2) is 63.3 Å². The second kappa shape index (κ2) is 8.06. The van der Waals surface area contributed by atoms with Crippen LogP contribution in [0, 0.1) is 5.92 Å². The Balaban J connectivity index is 1.75. The largest absolute Gasteiger partial charge is 0.342 e. The minimum absolute atomic E-state index is 0.0788. The summed E-state index contributed by atoms with van der Waals surface area (Å²) in [6.07, 6.45) is 3.30. The molecule has 1 saturated heterocycles. The molecule has 6 nitrogen and oxygen atoms in total. The van der Waals surface area contributed by atoms with Crippen molar-refractivity contribution in [2.24, 2.45) is 5.92 Å². The first-order chi connectivity index (χ1) is 12.4. The Morgan fingerprint density at radius 1 is 1.12 bits per heavy atom. The lowest BCUT2D eigenvalue weighted by Gasteiger charge is -2.31. The Hall–Kier alpha value is -1.44. The van der Waals surface area contributed by atoms with E-state index in [2.05, 4.69) is 5.32 Å². The zero-order valence-corrected chi connectivity index (χ0v) is 16.5. The first-order valence-corrected chi connectivity index (χ1v) is 10.9. The molecule has 0 unspecified atom stereocenters. The number of benzene rings is 1. The summed E-state index contributed by atoms with van der Waals surface area (Å²) in [5, 5.41) is 3.18. The van der Waals surface area contributed by atoms with Gasteiger partial charge in [-0.25, -0.2) is 8.42 Å². The molecule has 26 heavy (non-hydrogen) atoms. The van der Waals surface area contributed by atoms with Crippen molar-refractivity contribution in [1.29, 1.82) is 0 Å². The van der Waals surface area contributed by atoms with E-state index < -0.39 is 10.0 Å². The fourth-order valence-electron chi connectivity index (χ4n) is 3.97. The molecule has 1 aromatic carbocycles. The van der Waals surface area contributed by atoms with E-state index >= 15 is 0 Å². The van der Waals surface area contributed by atoms with Crippen molar-refractivity contribution in [3.63, 3.8) is 0 Å². The molecule has 1 fully saturated rings. The van der Waals surface area contributed by atoms with E-state index in [9.17, 15) is 13.2 Å². The Morgan fingerprint density at radius 2 is 1.77 bits per heavy atom. The molecule has 144 valence electrons. The fourth-order valence-corrected chi connectivity index (χ4v) is 5.49. The van der Waals surface area contributed by atoms with Gasteiger partial charge in [-0.15, -0.1) is 0 Å². The zero-order valence-electron chi connectivity index (χ0n) is 15.7. The monoisotopic (exact) mass is 379 g/mol.